The number of ether oxygens (including phenoxy) is 2. The molecule has 2 fully saturated rings. The first-order valence-corrected chi connectivity index (χ1v) is 6.98. The van der Waals surface area contributed by atoms with Crippen molar-refractivity contribution in [2.45, 2.75) is 25.6 Å². The normalized spacial score (nSPS) is 21.9. The fraction of sp³-hybridized carbons (Fsp3) is 0.615. The van der Waals surface area contributed by atoms with Gasteiger partial charge in [0.1, 0.15) is 5.82 Å². The summed E-state index contributed by atoms with van der Waals surface area (Å²) >= 11 is 0. The van der Waals surface area contributed by atoms with Crippen molar-refractivity contribution >= 4 is 11.5 Å². The maximum atomic E-state index is 5.81. The Bertz CT molecular complexity index is 635. The van der Waals surface area contributed by atoms with Gasteiger partial charge in [0, 0.05) is 13.0 Å². The van der Waals surface area contributed by atoms with E-state index in [0.717, 1.165) is 43.2 Å². The van der Waals surface area contributed by atoms with Crippen molar-refractivity contribution in [2.75, 3.05) is 31.2 Å². The van der Waals surface area contributed by atoms with Gasteiger partial charge < -0.3 is 14.4 Å². The van der Waals surface area contributed by atoms with E-state index in [-0.39, 0.29) is 0 Å². The maximum absolute atomic E-state index is 5.81. The number of nitrogens with zero attached hydrogens (tertiary/aromatic N) is 5. The number of anilines is 1. The van der Waals surface area contributed by atoms with Crippen LogP contribution >= 0.6 is 0 Å². The Labute approximate surface area is 116 Å². The Morgan fingerprint density at radius 1 is 1.20 bits per heavy atom. The maximum Gasteiger partial charge on any atom is 0.186 e. The largest absolute Gasteiger partial charge is 0.350 e. The number of aryl methyl sites for hydroxylation is 1. The van der Waals surface area contributed by atoms with E-state index in [2.05, 4.69) is 20.2 Å². The molecule has 0 N–H and O–H groups in total. The third kappa shape index (κ3) is 1.85. The van der Waals surface area contributed by atoms with Crippen molar-refractivity contribution in [1.82, 2.24) is 19.8 Å². The second-order valence-corrected chi connectivity index (χ2v) is 5.34. The molecule has 0 aromatic carbocycles. The molecule has 2 aliphatic heterocycles. The summed E-state index contributed by atoms with van der Waals surface area (Å²) in [4.78, 5) is 2.22. The summed E-state index contributed by atoms with van der Waals surface area (Å²) < 4.78 is 13.4. The molecule has 0 unspecified atom stereocenters. The van der Waals surface area contributed by atoms with Crippen LogP contribution in [0.2, 0.25) is 0 Å². The number of piperidine rings is 1. The van der Waals surface area contributed by atoms with E-state index in [4.69, 9.17) is 9.47 Å². The van der Waals surface area contributed by atoms with Gasteiger partial charge in [-0.15, -0.1) is 15.3 Å². The molecule has 0 amide bonds. The van der Waals surface area contributed by atoms with Crippen LogP contribution in [-0.4, -0.2) is 51.9 Å². The topological polar surface area (TPSA) is 64.8 Å². The Morgan fingerprint density at radius 2 is 2.05 bits per heavy atom. The third-order valence-electron chi connectivity index (χ3n) is 3.96. The van der Waals surface area contributed by atoms with Gasteiger partial charge >= 0.3 is 0 Å². The Hall–Kier alpha value is -1.73. The van der Waals surface area contributed by atoms with Crippen molar-refractivity contribution in [2.24, 2.45) is 0 Å². The van der Waals surface area contributed by atoms with Gasteiger partial charge in [0.05, 0.1) is 19.8 Å². The highest BCUT2D eigenvalue weighted by molar-refractivity contribution is 5.46. The van der Waals surface area contributed by atoms with Crippen molar-refractivity contribution in [3.05, 3.63) is 18.0 Å². The van der Waals surface area contributed by atoms with Crippen molar-refractivity contribution in [1.29, 1.82) is 0 Å². The number of aromatic nitrogens is 4. The van der Waals surface area contributed by atoms with Crippen LogP contribution in [0, 0.1) is 6.92 Å². The SMILES string of the molecule is Cc1nnc2ccc(N3CCCC4(C3)OCCO4)nn12. The van der Waals surface area contributed by atoms with Crippen LogP contribution in [-0.2, 0) is 9.47 Å². The molecule has 0 bridgehead atoms. The first-order valence-electron chi connectivity index (χ1n) is 6.98. The predicted octanol–water partition coefficient (Wildman–Crippen LogP) is 0.776. The lowest BCUT2D eigenvalue weighted by Crippen LogP contribution is -2.49. The molecule has 7 nitrogen and oxygen atoms in total. The Balaban J connectivity index is 1.66. The standard InChI is InChI=1S/C13H17N5O2/c1-10-14-15-11-3-4-12(16-18(10)11)17-6-2-5-13(9-17)19-7-8-20-13/h3-4H,2,5-9H2,1H3. The summed E-state index contributed by atoms with van der Waals surface area (Å²) in [5.41, 5.74) is 0.770. The second-order valence-electron chi connectivity index (χ2n) is 5.34. The summed E-state index contributed by atoms with van der Waals surface area (Å²) in [5.74, 6) is 1.28. The molecule has 0 atom stereocenters. The molecule has 106 valence electrons. The molecule has 7 heteroatoms. The first kappa shape index (κ1) is 12.0. The number of rotatable bonds is 1. The van der Waals surface area contributed by atoms with Crippen LogP contribution < -0.4 is 4.90 Å². The molecule has 2 saturated heterocycles. The molecule has 4 rings (SSSR count). The van der Waals surface area contributed by atoms with E-state index in [1.165, 1.54) is 0 Å². The molecule has 0 saturated carbocycles. The van der Waals surface area contributed by atoms with Gasteiger partial charge in [-0.3, -0.25) is 0 Å². The zero-order valence-corrected chi connectivity index (χ0v) is 11.4. The molecular formula is C13H17N5O2. The minimum atomic E-state index is -0.433. The van der Waals surface area contributed by atoms with Crippen molar-refractivity contribution in [3.8, 4) is 0 Å². The van der Waals surface area contributed by atoms with Crippen LogP contribution in [0.15, 0.2) is 12.1 Å². The molecule has 1 spiro atoms. The first-order chi connectivity index (χ1) is 9.76. The molecular weight excluding hydrogens is 258 g/mol. The second kappa shape index (κ2) is 4.39. The average Bonchev–Trinajstić information content (AvgIpc) is 3.07. The zero-order chi connectivity index (χ0) is 13.6. The fourth-order valence-electron chi connectivity index (χ4n) is 2.97. The van der Waals surface area contributed by atoms with Gasteiger partial charge in [0.15, 0.2) is 17.3 Å². The minimum absolute atomic E-state index is 0.433. The van der Waals surface area contributed by atoms with E-state index < -0.39 is 5.79 Å². The number of hydrogen-bond acceptors (Lipinski definition) is 6. The predicted molar refractivity (Wildman–Crippen MR) is 71.6 cm³/mol. The summed E-state index contributed by atoms with van der Waals surface area (Å²) in [6.45, 7) is 4.97. The lowest BCUT2D eigenvalue weighted by Gasteiger charge is -2.39. The van der Waals surface area contributed by atoms with Gasteiger partial charge in [0.25, 0.3) is 0 Å². The zero-order valence-electron chi connectivity index (χ0n) is 11.4. The Kier molecular flexibility index (Phi) is 2.64. The summed E-state index contributed by atoms with van der Waals surface area (Å²) in [6, 6.07) is 3.93. The molecule has 2 aliphatic rings. The quantitative estimate of drug-likeness (QED) is 0.766. The lowest BCUT2D eigenvalue weighted by molar-refractivity contribution is -0.161. The average molecular weight is 275 g/mol. The van der Waals surface area contributed by atoms with Crippen molar-refractivity contribution in [3.63, 3.8) is 0 Å². The lowest BCUT2D eigenvalue weighted by atomic mass is 10.0. The molecule has 0 aliphatic carbocycles. The molecule has 2 aromatic rings. The van der Waals surface area contributed by atoms with Crippen LogP contribution in [0.5, 0.6) is 0 Å². The van der Waals surface area contributed by atoms with E-state index in [1.54, 1.807) is 4.52 Å². The fourth-order valence-corrected chi connectivity index (χ4v) is 2.97. The van der Waals surface area contributed by atoms with Gasteiger partial charge in [-0.1, -0.05) is 0 Å². The highest BCUT2D eigenvalue weighted by Gasteiger charge is 2.41. The van der Waals surface area contributed by atoms with Gasteiger partial charge in [-0.2, -0.15) is 4.52 Å². The van der Waals surface area contributed by atoms with Gasteiger partial charge in [-0.25, -0.2) is 0 Å². The van der Waals surface area contributed by atoms with Crippen LogP contribution in [0.3, 0.4) is 0 Å². The molecule has 2 aromatic heterocycles. The number of fused-ring (bicyclic) bond motifs is 1. The number of hydrogen-bond donors (Lipinski definition) is 0. The summed E-state index contributed by atoms with van der Waals surface area (Å²) in [5, 5.41) is 12.7. The minimum Gasteiger partial charge on any atom is -0.350 e. The van der Waals surface area contributed by atoms with Crippen LogP contribution in [0.4, 0.5) is 5.82 Å². The van der Waals surface area contributed by atoms with Crippen molar-refractivity contribution < 1.29 is 9.47 Å². The summed E-state index contributed by atoms with van der Waals surface area (Å²) in [7, 11) is 0. The van der Waals surface area contributed by atoms with E-state index in [9.17, 15) is 0 Å². The van der Waals surface area contributed by atoms with Gasteiger partial charge in [0.2, 0.25) is 0 Å². The monoisotopic (exact) mass is 275 g/mol. The molecule has 20 heavy (non-hydrogen) atoms. The smallest absolute Gasteiger partial charge is 0.186 e. The van der Waals surface area contributed by atoms with E-state index in [0.29, 0.717) is 13.2 Å². The van der Waals surface area contributed by atoms with Crippen LogP contribution in [0.1, 0.15) is 18.7 Å². The third-order valence-corrected chi connectivity index (χ3v) is 3.96. The summed E-state index contributed by atoms with van der Waals surface area (Å²) in [6.07, 6.45) is 2.00. The highest BCUT2D eigenvalue weighted by Crippen LogP contribution is 2.31. The highest BCUT2D eigenvalue weighted by atomic mass is 16.7. The Morgan fingerprint density at radius 3 is 2.90 bits per heavy atom. The molecule has 0 radical (unpaired) electrons. The van der Waals surface area contributed by atoms with E-state index in [1.807, 2.05) is 19.1 Å². The van der Waals surface area contributed by atoms with Gasteiger partial charge in [-0.05, 0) is 25.5 Å². The van der Waals surface area contributed by atoms with Crippen LogP contribution in [0.25, 0.3) is 5.65 Å². The van der Waals surface area contributed by atoms with E-state index >= 15 is 0 Å². The molecule has 4 heterocycles.